The molecule has 0 spiro atoms. The van der Waals surface area contributed by atoms with Crippen molar-refractivity contribution < 1.29 is 9.53 Å². The van der Waals surface area contributed by atoms with Crippen LogP contribution in [0.5, 0.6) is 0 Å². The molecular weight excluding hydrogens is 206 g/mol. The Labute approximate surface area is 95.6 Å². The van der Waals surface area contributed by atoms with Gasteiger partial charge in [0.25, 0.3) is 0 Å². The van der Waals surface area contributed by atoms with Gasteiger partial charge in [-0.15, -0.1) is 0 Å². The van der Waals surface area contributed by atoms with Crippen LogP contribution in [-0.2, 0) is 15.1 Å². The van der Waals surface area contributed by atoms with E-state index >= 15 is 0 Å². The number of esters is 1. The highest BCUT2D eigenvalue weighted by Crippen LogP contribution is 2.24. The largest absolute Gasteiger partial charge is 0.464 e. The number of hydrogen-bond donors (Lipinski definition) is 1. The van der Waals surface area contributed by atoms with Crippen LogP contribution in [0.1, 0.15) is 32.2 Å². The predicted molar refractivity (Wildman–Crippen MR) is 62.1 cm³/mol. The first-order chi connectivity index (χ1) is 7.32. The highest BCUT2D eigenvalue weighted by atomic mass is 16.5. The van der Waals surface area contributed by atoms with Gasteiger partial charge < -0.3 is 10.5 Å². The molecule has 0 unspecified atom stereocenters. The van der Waals surface area contributed by atoms with E-state index in [0.717, 1.165) is 11.4 Å². The summed E-state index contributed by atoms with van der Waals surface area (Å²) in [6.45, 7) is 9.34. The Kier molecular flexibility index (Phi) is 3.26. The summed E-state index contributed by atoms with van der Waals surface area (Å²) in [6.07, 6.45) is 0. The van der Waals surface area contributed by atoms with Crippen molar-refractivity contribution in [2.45, 2.75) is 40.2 Å². The minimum atomic E-state index is -0.831. The molecule has 0 atom stereocenters. The lowest BCUT2D eigenvalue weighted by molar-refractivity contribution is -0.152. The van der Waals surface area contributed by atoms with Crippen LogP contribution >= 0.6 is 0 Å². The van der Waals surface area contributed by atoms with Crippen LogP contribution in [0.2, 0.25) is 0 Å². The number of carbonyl (C=O) groups is 1. The van der Waals surface area contributed by atoms with Gasteiger partial charge in [-0.05, 0) is 34.6 Å². The first-order valence-corrected chi connectivity index (χ1v) is 5.31. The molecule has 0 radical (unpaired) electrons. The monoisotopic (exact) mass is 225 g/mol. The Hall–Kier alpha value is -1.52. The second kappa shape index (κ2) is 4.15. The van der Waals surface area contributed by atoms with Crippen LogP contribution in [0.15, 0.2) is 0 Å². The summed E-state index contributed by atoms with van der Waals surface area (Å²) in [4.78, 5) is 11.8. The molecule has 5 nitrogen and oxygen atoms in total. The van der Waals surface area contributed by atoms with E-state index in [-0.39, 0.29) is 5.97 Å². The molecule has 1 aromatic rings. The molecular formula is C11H19N3O2. The molecule has 0 bridgehead atoms. The lowest BCUT2D eigenvalue weighted by Crippen LogP contribution is -2.39. The minimum Gasteiger partial charge on any atom is -0.464 e. The van der Waals surface area contributed by atoms with Crippen molar-refractivity contribution in [3.63, 3.8) is 0 Å². The van der Waals surface area contributed by atoms with Crippen molar-refractivity contribution >= 4 is 11.7 Å². The van der Waals surface area contributed by atoms with E-state index in [0.29, 0.717) is 12.3 Å². The van der Waals surface area contributed by atoms with E-state index in [2.05, 4.69) is 5.10 Å². The van der Waals surface area contributed by atoms with Gasteiger partial charge in [0.15, 0.2) is 5.54 Å². The van der Waals surface area contributed by atoms with Crippen molar-refractivity contribution in [1.82, 2.24) is 9.78 Å². The fourth-order valence-corrected chi connectivity index (χ4v) is 1.59. The summed E-state index contributed by atoms with van der Waals surface area (Å²) in [6, 6.07) is 0. The standard InChI is InChI=1S/C11H19N3O2/c1-6-16-10(15)11(4,5)14-8(3)9(12)7(2)13-14/h6,12H2,1-5H3. The molecule has 0 aliphatic carbocycles. The van der Waals surface area contributed by atoms with Gasteiger partial charge in [0.1, 0.15) is 0 Å². The lowest BCUT2D eigenvalue weighted by atomic mass is 10.1. The van der Waals surface area contributed by atoms with Crippen molar-refractivity contribution in [3.05, 3.63) is 11.4 Å². The number of carbonyl (C=O) groups excluding carboxylic acids is 1. The van der Waals surface area contributed by atoms with Crippen molar-refractivity contribution in [3.8, 4) is 0 Å². The number of ether oxygens (including phenoxy) is 1. The molecule has 0 saturated heterocycles. The van der Waals surface area contributed by atoms with Crippen LogP contribution in [-0.4, -0.2) is 22.4 Å². The highest BCUT2D eigenvalue weighted by molar-refractivity contribution is 5.78. The summed E-state index contributed by atoms with van der Waals surface area (Å²) in [7, 11) is 0. The Morgan fingerprint density at radius 1 is 1.50 bits per heavy atom. The molecule has 16 heavy (non-hydrogen) atoms. The number of hydrogen-bond acceptors (Lipinski definition) is 4. The van der Waals surface area contributed by atoms with Gasteiger partial charge in [-0.25, -0.2) is 4.79 Å². The van der Waals surface area contributed by atoms with Gasteiger partial charge in [-0.1, -0.05) is 0 Å². The fourth-order valence-electron chi connectivity index (χ4n) is 1.59. The summed E-state index contributed by atoms with van der Waals surface area (Å²) < 4.78 is 6.65. The smallest absolute Gasteiger partial charge is 0.333 e. The molecule has 0 fully saturated rings. The van der Waals surface area contributed by atoms with E-state index in [1.165, 1.54) is 0 Å². The zero-order valence-electron chi connectivity index (χ0n) is 10.5. The zero-order valence-corrected chi connectivity index (χ0v) is 10.5. The minimum absolute atomic E-state index is 0.305. The Bertz CT molecular complexity index is 408. The topological polar surface area (TPSA) is 70.1 Å². The maximum Gasteiger partial charge on any atom is 0.333 e. The summed E-state index contributed by atoms with van der Waals surface area (Å²) in [5, 5.41) is 4.28. The van der Waals surface area contributed by atoms with Crippen molar-refractivity contribution in [2.75, 3.05) is 12.3 Å². The molecule has 1 aromatic heterocycles. The van der Waals surface area contributed by atoms with Gasteiger partial charge in [-0.2, -0.15) is 5.10 Å². The summed E-state index contributed by atoms with van der Waals surface area (Å²) >= 11 is 0. The Morgan fingerprint density at radius 3 is 2.44 bits per heavy atom. The number of nitrogens with two attached hydrogens (primary N) is 1. The van der Waals surface area contributed by atoms with Gasteiger partial charge in [-0.3, -0.25) is 4.68 Å². The molecule has 5 heteroatoms. The normalized spacial score (nSPS) is 11.6. The van der Waals surface area contributed by atoms with Crippen molar-refractivity contribution in [1.29, 1.82) is 0 Å². The SMILES string of the molecule is CCOC(=O)C(C)(C)n1nc(C)c(N)c1C. The molecule has 0 saturated carbocycles. The van der Waals surface area contributed by atoms with Crippen LogP contribution in [0.25, 0.3) is 0 Å². The molecule has 0 aliphatic rings. The Balaban J connectivity index is 3.16. The summed E-state index contributed by atoms with van der Waals surface area (Å²) in [5.74, 6) is -0.305. The number of anilines is 1. The number of aromatic nitrogens is 2. The van der Waals surface area contributed by atoms with E-state index in [1.807, 2.05) is 13.8 Å². The van der Waals surface area contributed by atoms with Gasteiger partial charge >= 0.3 is 5.97 Å². The van der Waals surface area contributed by atoms with E-state index in [4.69, 9.17) is 10.5 Å². The van der Waals surface area contributed by atoms with E-state index in [1.54, 1.807) is 25.5 Å². The number of rotatable bonds is 3. The average molecular weight is 225 g/mol. The second-order valence-electron chi connectivity index (χ2n) is 4.28. The fraction of sp³-hybridized carbons (Fsp3) is 0.636. The first kappa shape index (κ1) is 12.5. The van der Waals surface area contributed by atoms with E-state index in [9.17, 15) is 4.79 Å². The third kappa shape index (κ3) is 1.89. The lowest BCUT2D eigenvalue weighted by Gasteiger charge is -2.24. The molecule has 0 aromatic carbocycles. The Morgan fingerprint density at radius 2 is 2.06 bits per heavy atom. The third-order valence-electron chi connectivity index (χ3n) is 2.65. The summed E-state index contributed by atoms with van der Waals surface area (Å²) in [5.41, 5.74) is 7.15. The van der Waals surface area contributed by atoms with Crippen molar-refractivity contribution in [2.24, 2.45) is 0 Å². The molecule has 2 N–H and O–H groups in total. The maximum absolute atomic E-state index is 11.8. The van der Waals surface area contributed by atoms with Gasteiger partial charge in [0, 0.05) is 0 Å². The molecule has 0 amide bonds. The number of aryl methyl sites for hydroxylation is 1. The number of nitrogens with zero attached hydrogens (tertiary/aromatic N) is 2. The quantitative estimate of drug-likeness (QED) is 0.789. The molecule has 1 heterocycles. The molecule has 90 valence electrons. The first-order valence-electron chi connectivity index (χ1n) is 5.31. The van der Waals surface area contributed by atoms with Crippen LogP contribution in [0.4, 0.5) is 5.69 Å². The van der Waals surface area contributed by atoms with Gasteiger partial charge in [0.05, 0.1) is 23.7 Å². The molecule has 0 aliphatic heterocycles. The second-order valence-corrected chi connectivity index (χ2v) is 4.28. The molecule has 1 rings (SSSR count). The van der Waals surface area contributed by atoms with Crippen LogP contribution in [0.3, 0.4) is 0 Å². The third-order valence-corrected chi connectivity index (χ3v) is 2.65. The predicted octanol–water partition coefficient (Wildman–Crippen LogP) is 1.38. The average Bonchev–Trinajstić information content (AvgIpc) is 2.47. The van der Waals surface area contributed by atoms with E-state index < -0.39 is 5.54 Å². The zero-order chi connectivity index (χ0) is 12.5. The van der Waals surface area contributed by atoms with Gasteiger partial charge in [0.2, 0.25) is 0 Å². The number of nitrogen functional groups attached to an aromatic ring is 1. The maximum atomic E-state index is 11.8. The van der Waals surface area contributed by atoms with Crippen LogP contribution < -0.4 is 5.73 Å². The highest BCUT2D eigenvalue weighted by Gasteiger charge is 2.34. The van der Waals surface area contributed by atoms with Crippen LogP contribution in [0, 0.1) is 13.8 Å².